The molecule has 1 aliphatic rings. The summed E-state index contributed by atoms with van der Waals surface area (Å²) in [7, 11) is 2.06. The molecule has 1 fully saturated rings. The number of fused-ring (bicyclic) bond motifs is 1. The number of alkyl halides is 3. The van der Waals surface area contributed by atoms with E-state index >= 15 is 4.39 Å². The van der Waals surface area contributed by atoms with Crippen molar-refractivity contribution in [3.05, 3.63) is 71.2 Å². The molecule has 2 N–H and O–H groups in total. The summed E-state index contributed by atoms with van der Waals surface area (Å²) in [5.41, 5.74) is 1.03. The molecule has 1 aliphatic heterocycles. The third-order valence-electron chi connectivity index (χ3n) is 6.67. The van der Waals surface area contributed by atoms with Gasteiger partial charge in [-0.05, 0) is 32.2 Å². The van der Waals surface area contributed by atoms with E-state index in [1.807, 2.05) is 6.07 Å². The third kappa shape index (κ3) is 4.97. The Morgan fingerprint density at radius 1 is 1.11 bits per heavy atom. The Balaban J connectivity index is 1.42. The van der Waals surface area contributed by atoms with Gasteiger partial charge in [0.05, 0.1) is 23.9 Å². The summed E-state index contributed by atoms with van der Waals surface area (Å²) in [5.74, 6) is -0.265. The van der Waals surface area contributed by atoms with Crippen molar-refractivity contribution in [1.82, 2.24) is 24.8 Å². The number of H-pyrrole nitrogens is 1. The average molecular weight is 525 g/mol. The maximum absolute atomic E-state index is 15.1. The number of benzene rings is 1. The van der Waals surface area contributed by atoms with Gasteiger partial charge in [-0.25, -0.2) is 24.2 Å². The molecule has 1 saturated heterocycles. The van der Waals surface area contributed by atoms with Gasteiger partial charge in [-0.1, -0.05) is 6.07 Å². The van der Waals surface area contributed by atoms with Crippen molar-refractivity contribution in [2.75, 3.05) is 43.4 Å². The predicted molar refractivity (Wildman–Crippen MR) is 137 cm³/mol. The molecule has 5 rings (SSSR count). The van der Waals surface area contributed by atoms with Crippen molar-refractivity contribution in [3.8, 4) is 11.3 Å². The fourth-order valence-corrected chi connectivity index (χ4v) is 4.48. The third-order valence-corrected chi connectivity index (χ3v) is 6.67. The fourth-order valence-electron chi connectivity index (χ4n) is 4.48. The van der Waals surface area contributed by atoms with Crippen LogP contribution in [0.15, 0.2) is 42.9 Å². The maximum Gasteiger partial charge on any atom is 0.417 e. The maximum atomic E-state index is 15.1. The number of piperazine rings is 1. The molecule has 196 valence electrons. The van der Waals surface area contributed by atoms with E-state index in [1.54, 1.807) is 13.0 Å². The van der Waals surface area contributed by atoms with E-state index in [2.05, 4.69) is 46.9 Å². The number of halogens is 4. The van der Waals surface area contributed by atoms with E-state index in [-0.39, 0.29) is 39.7 Å². The highest BCUT2D eigenvalue weighted by Crippen LogP contribution is 2.37. The van der Waals surface area contributed by atoms with Crippen LogP contribution in [0.5, 0.6) is 0 Å². The summed E-state index contributed by atoms with van der Waals surface area (Å²) in [6, 6.07) is 5.57. The Kier molecular flexibility index (Phi) is 6.62. The molecule has 0 spiro atoms. The van der Waals surface area contributed by atoms with Crippen molar-refractivity contribution in [2.45, 2.75) is 19.1 Å². The minimum Gasteiger partial charge on any atom is -0.369 e. The lowest BCUT2D eigenvalue weighted by molar-refractivity contribution is -0.137. The van der Waals surface area contributed by atoms with Crippen LogP contribution in [0.4, 0.5) is 34.9 Å². The molecule has 0 aliphatic carbocycles. The van der Waals surface area contributed by atoms with E-state index in [4.69, 9.17) is 6.57 Å². The topological polar surface area (TPSA) is 77.3 Å². The van der Waals surface area contributed by atoms with Crippen LogP contribution < -0.4 is 10.2 Å². The predicted octanol–water partition coefficient (Wildman–Crippen LogP) is 5.65. The van der Waals surface area contributed by atoms with Gasteiger partial charge in [0, 0.05) is 67.0 Å². The molecule has 8 nitrogen and oxygen atoms in total. The monoisotopic (exact) mass is 524 g/mol. The number of hydrogen-bond acceptors (Lipinski definition) is 6. The molecule has 1 atom stereocenters. The first-order valence-corrected chi connectivity index (χ1v) is 11.9. The largest absolute Gasteiger partial charge is 0.417 e. The first kappa shape index (κ1) is 25.4. The molecular formula is C26H24F4N8. The smallest absolute Gasteiger partial charge is 0.369 e. The molecule has 3 aromatic heterocycles. The molecule has 12 heteroatoms. The van der Waals surface area contributed by atoms with Crippen LogP contribution in [-0.4, -0.2) is 58.1 Å². The van der Waals surface area contributed by atoms with E-state index in [0.29, 0.717) is 5.56 Å². The van der Waals surface area contributed by atoms with Gasteiger partial charge in [-0.2, -0.15) is 13.2 Å². The second-order valence-corrected chi connectivity index (χ2v) is 9.22. The number of hydrogen-bond donors (Lipinski definition) is 2. The zero-order valence-electron chi connectivity index (χ0n) is 20.6. The summed E-state index contributed by atoms with van der Waals surface area (Å²) in [6.07, 6.45) is -1.08. The Morgan fingerprint density at radius 2 is 1.87 bits per heavy atom. The van der Waals surface area contributed by atoms with Crippen molar-refractivity contribution in [3.63, 3.8) is 0 Å². The molecule has 0 radical (unpaired) electrons. The highest BCUT2D eigenvalue weighted by Gasteiger charge is 2.32. The molecule has 0 amide bonds. The van der Waals surface area contributed by atoms with Crippen LogP contribution in [0.25, 0.3) is 27.1 Å². The second-order valence-electron chi connectivity index (χ2n) is 9.22. The van der Waals surface area contributed by atoms with E-state index in [0.717, 1.165) is 44.1 Å². The van der Waals surface area contributed by atoms with Crippen LogP contribution in [0, 0.1) is 12.4 Å². The van der Waals surface area contributed by atoms with Gasteiger partial charge in [0.15, 0.2) is 0 Å². The van der Waals surface area contributed by atoms with E-state index in [9.17, 15) is 13.2 Å². The Hall–Kier alpha value is -4.24. The van der Waals surface area contributed by atoms with E-state index < -0.39 is 17.8 Å². The molecule has 4 heterocycles. The number of aromatic nitrogens is 4. The number of nitrogens with zero attached hydrogens (tertiary/aromatic N) is 6. The lowest BCUT2D eigenvalue weighted by Gasteiger charge is -2.34. The number of anilines is 2. The Bertz CT molecular complexity index is 1520. The van der Waals surface area contributed by atoms with Crippen LogP contribution in [0.2, 0.25) is 0 Å². The number of rotatable bonds is 5. The van der Waals surface area contributed by atoms with Gasteiger partial charge in [0.2, 0.25) is 11.6 Å². The van der Waals surface area contributed by atoms with Crippen molar-refractivity contribution >= 4 is 28.4 Å². The first-order chi connectivity index (χ1) is 18.1. The van der Waals surface area contributed by atoms with Crippen LogP contribution >= 0.6 is 0 Å². The second kappa shape index (κ2) is 9.90. The zero-order chi connectivity index (χ0) is 27.0. The Labute approximate surface area is 216 Å². The van der Waals surface area contributed by atoms with Crippen molar-refractivity contribution in [1.29, 1.82) is 0 Å². The normalized spacial score (nSPS) is 15.4. The van der Waals surface area contributed by atoms with Gasteiger partial charge in [-0.3, -0.25) is 0 Å². The quantitative estimate of drug-likeness (QED) is 0.260. The summed E-state index contributed by atoms with van der Waals surface area (Å²) in [6.45, 7) is 12.7. The number of nitrogens with one attached hydrogen (secondary N) is 2. The van der Waals surface area contributed by atoms with Gasteiger partial charge in [0.25, 0.3) is 0 Å². The SMILES string of the molecule is [C-]#[N+]c1cnc(N[C@H](C)c2ccc(N3CCN(C)CC3)cc2F)nc1-c1c[nH]c2ncc(C(F)(F)F)cc12. The molecule has 1 aromatic carbocycles. The van der Waals surface area contributed by atoms with Crippen LogP contribution in [0.1, 0.15) is 24.1 Å². The first-order valence-electron chi connectivity index (χ1n) is 11.9. The molecule has 0 saturated carbocycles. The average Bonchev–Trinajstić information content (AvgIpc) is 3.31. The molecular weight excluding hydrogens is 500 g/mol. The minimum atomic E-state index is -4.57. The highest BCUT2D eigenvalue weighted by molar-refractivity contribution is 5.96. The van der Waals surface area contributed by atoms with Gasteiger partial charge >= 0.3 is 6.18 Å². The summed E-state index contributed by atoms with van der Waals surface area (Å²) in [4.78, 5) is 23.1. The summed E-state index contributed by atoms with van der Waals surface area (Å²) >= 11 is 0. The summed E-state index contributed by atoms with van der Waals surface area (Å²) < 4.78 is 54.9. The van der Waals surface area contributed by atoms with E-state index in [1.165, 1.54) is 18.5 Å². The lowest BCUT2D eigenvalue weighted by Crippen LogP contribution is -2.44. The Morgan fingerprint density at radius 3 is 2.55 bits per heavy atom. The molecule has 0 bridgehead atoms. The molecule has 0 unspecified atom stereocenters. The minimum absolute atomic E-state index is 0.0595. The molecule has 38 heavy (non-hydrogen) atoms. The van der Waals surface area contributed by atoms with Gasteiger partial charge < -0.3 is 20.1 Å². The zero-order valence-corrected chi connectivity index (χ0v) is 20.6. The number of aromatic amines is 1. The summed E-state index contributed by atoms with van der Waals surface area (Å²) in [5, 5.41) is 3.22. The fraction of sp³-hybridized carbons (Fsp3) is 0.308. The standard InChI is InChI=1S/C26H24F4N8/c1-15(18-5-4-17(11-21(18)27)38-8-6-37(3)7-9-38)35-25-34-14-22(31-2)23(36-25)20-13-33-24-19(20)10-16(12-32-24)26(28,29)30/h4-5,10-15H,6-9H2,1,3H3,(H,32,33)(H,34,35,36)/t15-/m1/s1. The number of pyridine rings is 1. The highest BCUT2D eigenvalue weighted by atomic mass is 19.4. The number of likely N-dealkylation sites (N-methyl/N-ethyl adjacent to an activating group) is 1. The lowest BCUT2D eigenvalue weighted by atomic mass is 10.1. The van der Waals surface area contributed by atoms with Gasteiger partial charge in [0.1, 0.15) is 11.5 Å². The van der Waals surface area contributed by atoms with Crippen molar-refractivity contribution in [2.24, 2.45) is 0 Å². The van der Waals surface area contributed by atoms with Gasteiger partial charge in [-0.15, -0.1) is 0 Å². The van der Waals surface area contributed by atoms with Crippen LogP contribution in [-0.2, 0) is 6.18 Å². The van der Waals surface area contributed by atoms with Crippen molar-refractivity contribution < 1.29 is 17.6 Å². The molecule has 4 aromatic rings. The van der Waals surface area contributed by atoms with Crippen LogP contribution in [0.3, 0.4) is 0 Å².